The van der Waals surface area contributed by atoms with E-state index in [1.54, 1.807) is 30.3 Å². The molecule has 2 aromatic carbocycles. The maximum atomic E-state index is 12.9. The molecule has 3 fully saturated rings. The Morgan fingerprint density at radius 3 is 2.06 bits per heavy atom. The van der Waals surface area contributed by atoms with E-state index >= 15 is 0 Å². The van der Waals surface area contributed by atoms with Gasteiger partial charge in [0.05, 0.1) is 23.1 Å². The molecule has 3 aliphatic rings. The van der Waals surface area contributed by atoms with Gasteiger partial charge in [-0.25, -0.2) is 4.79 Å². The number of nitrogens with zero attached hydrogens (tertiary/aromatic N) is 1. The van der Waals surface area contributed by atoms with Gasteiger partial charge in [0.25, 0.3) is 11.8 Å². The van der Waals surface area contributed by atoms with Crippen LogP contribution in [0.1, 0.15) is 40.0 Å². The van der Waals surface area contributed by atoms with E-state index in [0.717, 1.165) is 19.3 Å². The van der Waals surface area contributed by atoms with Crippen LogP contribution in [-0.2, 0) is 19.1 Å². The molecule has 1 aliphatic heterocycles. The van der Waals surface area contributed by atoms with Gasteiger partial charge >= 0.3 is 5.97 Å². The molecule has 0 aromatic heterocycles. The van der Waals surface area contributed by atoms with Crippen molar-refractivity contribution in [1.82, 2.24) is 10.9 Å². The molecule has 9 nitrogen and oxygen atoms in total. The normalized spacial score (nSPS) is 24.6. The first kappa shape index (κ1) is 21.8. The zero-order valence-corrected chi connectivity index (χ0v) is 18.2. The Balaban J connectivity index is 1.14. The van der Waals surface area contributed by atoms with Gasteiger partial charge in [0.15, 0.2) is 6.61 Å². The Bertz CT molecular complexity index is 1130. The summed E-state index contributed by atoms with van der Waals surface area (Å²) in [6, 6.07) is 14.3. The smallest absolute Gasteiger partial charge is 0.338 e. The lowest BCUT2D eigenvalue weighted by Crippen LogP contribution is -2.43. The maximum absolute atomic E-state index is 12.9. The molecule has 0 radical (unpaired) electrons. The van der Waals surface area contributed by atoms with Crippen LogP contribution in [0, 0.1) is 23.7 Å². The van der Waals surface area contributed by atoms with Crippen molar-refractivity contribution in [3.63, 3.8) is 0 Å². The number of nitrogens with one attached hydrogen (secondary N) is 2. The van der Waals surface area contributed by atoms with Crippen molar-refractivity contribution in [3.05, 3.63) is 65.7 Å². The van der Waals surface area contributed by atoms with Crippen molar-refractivity contribution in [2.75, 3.05) is 11.5 Å². The molecular weight excluding hydrogens is 438 g/mol. The lowest BCUT2D eigenvalue weighted by molar-refractivity contribution is -0.125. The van der Waals surface area contributed by atoms with Crippen molar-refractivity contribution >= 4 is 35.3 Å². The topological polar surface area (TPSA) is 122 Å². The average molecular weight is 461 g/mol. The molecule has 5 rings (SSSR count). The van der Waals surface area contributed by atoms with Gasteiger partial charge in [0, 0.05) is 5.56 Å². The zero-order chi connectivity index (χ0) is 23.8. The number of carbonyl (C=O) groups excluding carboxylic acids is 5. The van der Waals surface area contributed by atoms with E-state index in [0.29, 0.717) is 23.1 Å². The lowest BCUT2D eigenvalue weighted by Gasteiger charge is -2.19. The Morgan fingerprint density at radius 1 is 0.824 bits per heavy atom. The van der Waals surface area contributed by atoms with E-state index in [2.05, 4.69) is 10.9 Å². The summed E-state index contributed by atoms with van der Waals surface area (Å²) in [5.74, 6) is -2.07. The average Bonchev–Trinajstić information content (AvgIpc) is 3.55. The number of anilines is 1. The van der Waals surface area contributed by atoms with Crippen molar-refractivity contribution in [2.24, 2.45) is 23.7 Å². The molecule has 1 heterocycles. The molecule has 4 amide bonds. The summed E-state index contributed by atoms with van der Waals surface area (Å²) < 4.78 is 4.98. The first-order chi connectivity index (χ1) is 16.4. The highest BCUT2D eigenvalue weighted by atomic mass is 16.5. The van der Waals surface area contributed by atoms with Crippen molar-refractivity contribution in [1.29, 1.82) is 0 Å². The fourth-order valence-electron chi connectivity index (χ4n) is 5.45. The molecule has 4 atom stereocenters. The van der Waals surface area contributed by atoms with E-state index in [4.69, 9.17) is 4.74 Å². The van der Waals surface area contributed by atoms with Crippen LogP contribution in [-0.4, -0.2) is 36.2 Å². The van der Waals surface area contributed by atoms with Gasteiger partial charge in [0.2, 0.25) is 11.8 Å². The standard InChI is InChI=1S/C25H23N3O6/c29-19(26-27-22(30)14-4-2-1-3-5-14)13-34-25(33)15-8-10-18(11-9-15)28-23(31)20-16-6-7-17(12-16)21(20)24(28)32/h1-5,8-11,16-17,20-21H,6-7,12-13H2,(H,26,29)(H,27,30)/t16-,17-,20-,21-/m0/s1. The van der Waals surface area contributed by atoms with Crippen LogP contribution in [0.5, 0.6) is 0 Å². The predicted octanol–water partition coefficient (Wildman–Crippen LogP) is 1.84. The molecule has 34 heavy (non-hydrogen) atoms. The molecule has 174 valence electrons. The van der Waals surface area contributed by atoms with Crippen LogP contribution in [0.25, 0.3) is 0 Å². The van der Waals surface area contributed by atoms with Crippen LogP contribution in [0.3, 0.4) is 0 Å². The van der Waals surface area contributed by atoms with Crippen LogP contribution >= 0.6 is 0 Å². The second kappa shape index (κ2) is 8.74. The number of ether oxygens (including phenoxy) is 1. The minimum absolute atomic E-state index is 0.147. The van der Waals surface area contributed by atoms with Crippen LogP contribution in [0.15, 0.2) is 54.6 Å². The van der Waals surface area contributed by atoms with Crippen LogP contribution in [0.4, 0.5) is 5.69 Å². The zero-order valence-electron chi connectivity index (χ0n) is 18.2. The largest absolute Gasteiger partial charge is 0.452 e. The Hall–Kier alpha value is -4.01. The fraction of sp³-hybridized carbons (Fsp3) is 0.320. The lowest BCUT2D eigenvalue weighted by atomic mass is 9.81. The van der Waals surface area contributed by atoms with E-state index < -0.39 is 24.4 Å². The first-order valence-electron chi connectivity index (χ1n) is 11.2. The second-order valence-electron chi connectivity index (χ2n) is 8.89. The number of imide groups is 1. The number of rotatable bonds is 5. The summed E-state index contributed by atoms with van der Waals surface area (Å²) in [7, 11) is 0. The number of esters is 1. The second-order valence-corrected chi connectivity index (χ2v) is 8.89. The third-order valence-electron chi connectivity index (χ3n) is 6.97. The summed E-state index contributed by atoms with van der Waals surface area (Å²) in [6.07, 6.45) is 2.98. The summed E-state index contributed by atoms with van der Waals surface area (Å²) in [4.78, 5) is 63.2. The third kappa shape index (κ3) is 3.83. The molecule has 2 aliphatic carbocycles. The van der Waals surface area contributed by atoms with Gasteiger partial charge in [-0.05, 0) is 67.5 Å². The van der Waals surface area contributed by atoms with Crippen LogP contribution in [0.2, 0.25) is 0 Å². The Morgan fingerprint density at radius 2 is 1.44 bits per heavy atom. The molecular formula is C25H23N3O6. The number of amides is 4. The third-order valence-corrected chi connectivity index (χ3v) is 6.97. The van der Waals surface area contributed by atoms with Gasteiger partial charge in [-0.15, -0.1) is 0 Å². The van der Waals surface area contributed by atoms with Gasteiger partial charge in [0.1, 0.15) is 0 Å². The van der Waals surface area contributed by atoms with Gasteiger partial charge < -0.3 is 4.74 Å². The van der Waals surface area contributed by atoms with E-state index in [9.17, 15) is 24.0 Å². The number of hydrogen-bond acceptors (Lipinski definition) is 6. The molecule has 1 saturated heterocycles. The molecule has 0 spiro atoms. The van der Waals surface area contributed by atoms with Crippen molar-refractivity contribution in [3.8, 4) is 0 Å². The van der Waals surface area contributed by atoms with Gasteiger partial charge in [-0.2, -0.15) is 0 Å². The summed E-state index contributed by atoms with van der Waals surface area (Å²) in [5.41, 5.74) is 5.38. The van der Waals surface area contributed by atoms with Gasteiger partial charge in [-0.1, -0.05) is 18.2 Å². The van der Waals surface area contributed by atoms with E-state index in [1.807, 2.05) is 0 Å². The van der Waals surface area contributed by atoms with E-state index in [1.165, 1.54) is 29.2 Å². The quantitative estimate of drug-likeness (QED) is 0.398. The fourth-order valence-corrected chi connectivity index (χ4v) is 5.45. The molecule has 2 aromatic rings. The Labute approximate surface area is 195 Å². The van der Waals surface area contributed by atoms with Gasteiger partial charge in [-0.3, -0.25) is 34.9 Å². The van der Waals surface area contributed by atoms with E-state index in [-0.39, 0.29) is 29.2 Å². The highest BCUT2D eigenvalue weighted by Crippen LogP contribution is 2.56. The van der Waals surface area contributed by atoms with Crippen molar-refractivity contribution in [2.45, 2.75) is 19.3 Å². The number of benzene rings is 2. The minimum atomic E-state index is -0.745. The number of hydrogen-bond donors (Lipinski definition) is 2. The highest BCUT2D eigenvalue weighted by molar-refractivity contribution is 6.22. The van der Waals surface area contributed by atoms with Crippen LogP contribution < -0.4 is 15.8 Å². The molecule has 2 bridgehead atoms. The number of hydrazine groups is 1. The predicted molar refractivity (Wildman–Crippen MR) is 119 cm³/mol. The highest BCUT2D eigenvalue weighted by Gasteiger charge is 2.61. The van der Waals surface area contributed by atoms with Crippen molar-refractivity contribution < 1.29 is 28.7 Å². The monoisotopic (exact) mass is 461 g/mol. The number of carbonyl (C=O) groups is 5. The summed E-state index contributed by atoms with van der Waals surface area (Å²) >= 11 is 0. The molecule has 9 heteroatoms. The Kier molecular flexibility index (Phi) is 5.61. The summed E-state index contributed by atoms with van der Waals surface area (Å²) in [6.45, 7) is -0.592. The summed E-state index contributed by atoms with van der Waals surface area (Å²) in [5, 5.41) is 0. The maximum Gasteiger partial charge on any atom is 0.338 e. The molecule has 2 saturated carbocycles. The number of fused-ring (bicyclic) bond motifs is 5. The molecule has 0 unspecified atom stereocenters. The SMILES string of the molecule is O=C(COC(=O)c1ccc(N2C(=O)[C@H]3[C@H]4CC[C@@H](C4)[C@@H]3C2=O)cc1)NNC(=O)c1ccccc1. The minimum Gasteiger partial charge on any atom is -0.452 e. The first-order valence-corrected chi connectivity index (χ1v) is 11.2. The molecule has 2 N–H and O–H groups in total.